The highest BCUT2D eigenvalue weighted by Gasteiger charge is 2.31. The Morgan fingerprint density at radius 1 is 1.71 bits per heavy atom. The molecule has 1 heterocycles. The van der Waals surface area contributed by atoms with Crippen LogP contribution in [0.5, 0.6) is 0 Å². The maximum atomic E-state index is 12.7. The smallest absolute Gasteiger partial charge is 0.269 e. The van der Waals surface area contributed by atoms with E-state index in [0.29, 0.717) is 0 Å². The van der Waals surface area contributed by atoms with E-state index in [0.717, 1.165) is 6.92 Å². The first-order valence-corrected chi connectivity index (χ1v) is 4.09. The van der Waals surface area contributed by atoms with Gasteiger partial charge in [-0.1, -0.05) is 0 Å². The predicted molar refractivity (Wildman–Crippen MR) is 46.1 cm³/mol. The second kappa shape index (κ2) is 3.73. The van der Waals surface area contributed by atoms with Gasteiger partial charge >= 0.3 is 0 Å². The molecule has 1 rings (SSSR count). The molecule has 0 radical (unpaired) electrons. The van der Waals surface area contributed by atoms with E-state index < -0.39 is 17.9 Å². The number of carbonyl (C=O) groups excluding carboxylic acids is 1. The van der Waals surface area contributed by atoms with Crippen molar-refractivity contribution >= 4 is 5.91 Å². The Kier molecular flexibility index (Phi) is 2.83. The molecule has 0 bridgehead atoms. The summed E-state index contributed by atoms with van der Waals surface area (Å²) >= 11 is 0. The SMILES string of the molecule is C[C@H](NC(=O)c1ccn[nH]1)C(C)(F)F. The number of halogens is 2. The standard InChI is InChI=1S/C8H11F2N3O/c1-5(8(2,9)10)12-7(14)6-3-4-11-13-6/h3-5H,1-2H3,(H,11,13)(H,12,14)/t5-/m0/s1. The molecule has 1 atom stereocenters. The van der Waals surface area contributed by atoms with Crippen LogP contribution in [-0.2, 0) is 0 Å². The van der Waals surface area contributed by atoms with Gasteiger partial charge in [0.05, 0.1) is 6.04 Å². The van der Waals surface area contributed by atoms with Crippen LogP contribution in [0.15, 0.2) is 12.3 Å². The first-order valence-electron chi connectivity index (χ1n) is 4.09. The molecule has 1 aromatic rings. The zero-order valence-corrected chi connectivity index (χ0v) is 7.84. The van der Waals surface area contributed by atoms with Crippen LogP contribution >= 0.6 is 0 Å². The number of aromatic amines is 1. The van der Waals surface area contributed by atoms with E-state index in [1.807, 2.05) is 0 Å². The molecule has 78 valence electrons. The first kappa shape index (κ1) is 10.6. The van der Waals surface area contributed by atoms with Crippen LogP contribution in [0.4, 0.5) is 8.78 Å². The van der Waals surface area contributed by atoms with Crippen LogP contribution < -0.4 is 5.32 Å². The number of hydrogen-bond acceptors (Lipinski definition) is 2. The summed E-state index contributed by atoms with van der Waals surface area (Å²) in [6, 6.07) is 0.203. The van der Waals surface area contributed by atoms with Crippen molar-refractivity contribution < 1.29 is 13.6 Å². The van der Waals surface area contributed by atoms with E-state index in [-0.39, 0.29) is 5.69 Å². The van der Waals surface area contributed by atoms with Crippen molar-refractivity contribution in [2.75, 3.05) is 0 Å². The van der Waals surface area contributed by atoms with Gasteiger partial charge in [0.2, 0.25) is 0 Å². The van der Waals surface area contributed by atoms with Gasteiger partial charge in [0.1, 0.15) is 5.69 Å². The third-order valence-corrected chi connectivity index (χ3v) is 1.85. The normalized spacial score (nSPS) is 13.7. The Morgan fingerprint density at radius 2 is 2.36 bits per heavy atom. The summed E-state index contributed by atoms with van der Waals surface area (Å²) in [5.74, 6) is -3.52. The van der Waals surface area contributed by atoms with Crippen molar-refractivity contribution in [1.82, 2.24) is 15.5 Å². The van der Waals surface area contributed by atoms with Crippen molar-refractivity contribution in [2.45, 2.75) is 25.8 Å². The Hall–Kier alpha value is -1.46. The molecule has 0 aromatic carbocycles. The highest BCUT2D eigenvalue weighted by Crippen LogP contribution is 2.16. The maximum absolute atomic E-state index is 12.7. The maximum Gasteiger partial charge on any atom is 0.269 e. The van der Waals surface area contributed by atoms with Gasteiger partial charge in [0.15, 0.2) is 0 Å². The van der Waals surface area contributed by atoms with Gasteiger partial charge in [0.25, 0.3) is 11.8 Å². The summed E-state index contributed by atoms with van der Waals surface area (Å²) < 4.78 is 25.4. The molecular weight excluding hydrogens is 192 g/mol. The van der Waals surface area contributed by atoms with Gasteiger partial charge < -0.3 is 5.32 Å². The van der Waals surface area contributed by atoms with Crippen LogP contribution in [0, 0.1) is 0 Å². The average molecular weight is 203 g/mol. The molecule has 1 aromatic heterocycles. The lowest BCUT2D eigenvalue weighted by molar-refractivity contribution is -0.0108. The number of nitrogens with one attached hydrogen (secondary N) is 2. The lowest BCUT2D eigenvalue weighted by atomic mass is 10.2. The molecule has 0 saturated carbocycles. The fourth-order valence-corrected chi connectivity index (χ4v) is 0.783. The van der Waals surface area contributed by atoms with Crippen LogP contribution in [0.1, 0.15) is 24.3 Å². The molecule has 0 fully saturated rings. The summed E-state index contributed by atoms with van der Waals surface area (Å²) in [6.45, 7) is 2.00. The Balaban J connectivity index is 2.58. The first-order chi connectivity index (χ1) is 6.41. The monoisotopic (exact) mass is 203 g/mol. The minimum absolute atomic E-state index is 0.168. The van der Waals surface area contributed by atoms with Gasteiger partial charge in [-0.25, -0.2) is 8.78 Å². The van der Waals surface area contributed by atoms with E-state index in [2.05, 4.69) is 15.5 Å². The molecule has 6 heteroatoms. The second-order valence-electron chi connectivity index (χ2n) is 3.12. The molecular formula is C8H11F2N3O. The lowest BCUT2D eigenvalue weighted by Gasteiger charge is -2.19. The Bertz CT molecular complexity index is 305. The van der Waals surface area contributed by atoms with E-state index in [1.54, 1.807) is 0 Å². The number of rotatable bonds is 3. The minimum atomic E-state index is -2.93. The number of hydrogen-bond donors (Lipinski definition) is 2. The van der Waals surface area contributed by atoms with Crippen molar-refractivity contribution in [1.29, 1.82) is 0 Å². The molecule has 4 nitrogen and oxygen atoms in total. The van der Waals surface area contributed by atoms with E-state index in [1.165, 1.54) is 19.2 Å². The topological polar surface area (TPSA) is 57.8 Å². The number of amides is 1. The molecule has 2 N–H and O–H groups in total. The fraction of sp³-hybridized carbons (Fsp3) is 0.500. The third kappa shape index (κ3) is 2.51. The number of nitrogens with zero attached hydrogens (tertiary/aromatic N) is 1. The summed E-state index contributed by atoms with van der Waals surface area (Å²) in [7, 11) is 0. The largest absolute Gasteiger partial charge is 0.342 e. The summed E-state index contributed by atoms with van der Waals surface area (Å²) in [4.78, 5) is 11.2. The van der Waals surface area contributed by atoms with Crippen LogP contribution in [-0.4, -0.2) is 28.1 Å². The molecule has 0 unspecified atom stereocenters. The van der Waals surface area contributed by atoms with E-state index in [4.69, 9.17) is 0 Å². The summed E-state index contributed by atoms with van der Waals surface area (Å²) in [6.07, 6.45) is 1.38. The predicted octanol–water partition coefficient (Wildman–Crippen LogP) is 1.18. The summed E-state index contributed by atoms with van der Waals surface area (Å²) in [5, 5.41) is 8.09. The van der Waals surface area contributed by atoms with Gasteiger partial charge in [-0.2, -0.15) is 5.10 Å². The molecule has 0 aliphatic carbocycles. The van der Waals surface area contributed by atoms with E-state index in [9.17, 15) is 13.6 Å². The quantitative estimate of drug-likeness (QED) is 0.775. The highest BCUT2D eigenvalue weighted by molar-refractivity contribution is 5.92. The number of H-pyrrole nitrogens is 1. The molecule has 0 saturated heterocycles. The lowest BCUT2D eigenvalue weighted by Crippen LogP contribution is -2.43. The van der Waals surface area contributed by atoms with Crippen molar-refractivity contribution in [3.8, 4) is 0 Å². The van der Waals surface area contributed by atoms with Gasteiger partial charge in [-0.3, -0.25) is 9.89 Å². The minimum Gasteiger partial charge on any atom is -0.342 e. The van der Waals surface area contributed by atoms with Gasteiger partial charge in [-0.05, 0) is 13.0 Å². The number of carbonyl (C=O) groups is 1. The zero-order valence-electron chi connectivity index (χ0n) is 7.84. The van der Waals surface area contributed by atoms with Crippen molar-refractivity contribution in [2.24, 2.45) is 0 Å². The number of aromatic nitrogens is 2. The van der Waals surface area contributed by atoms with Gasteiger partial charge in [-0.15, -0.1) is 0 Å². The van der Waals surface area contributed by atoms with Crippen molar-refractivity contribution in [3.05, 3.63) is 18.0 Å². The second-order valence-corrected chi connectivity index (χ2v) is 3.12. The molecule has 0 aliphatic rings. The average Bonchev–Trinajstić information content (AvgIpc) is 2.53. The number of alkyl halides is 2. The molecule has 14 heavy (non-hydrogen) atoms. The van der Waals surface area contributed by atoms with Crippen LogP contribution in [0.3, 0.4) is 0 Å². The fourth-order valence-electron chi connectivity index (χ4n) is 0.783. The van der Waals surface area contributed by atoms with Crippen LogP contribution in [0.25, 0.3) is 0 Å². The Morgan fingerprint density at radius 3 is 2.79 bits per heavy atom. The van der Waals surface area contributed by atoms with Gasteiger partial charge in [0, 0.05) is 13.1 Å². The molecule has 0 spiro atoms. The summed E-state index contributed by atoms with van der Waals surface area (Å²) in [5.41, 5.74) is 0.168. The molecule has 1 amide bonds. The molecule has 0 aliphatic heterocycles. The zero-order chi connectivity index (χ0) is 10.8. The highest BCUT2D eigenvalue weighted by atomic mass is 19.3. The van der Waals surface area contributed by atoms with Crippen molar-refractivity contribution in [3.63, 3.8) is 0 Å². The van der Waals surface area contributed by atoms with Crippen LogP contribution in [0.2, 0.25) is 0 Å². The Labute approximate surface area is 79.7 Å². The third-order valence-electron chi connectivity index (χ3n) is 1.85. The van der Waals surface area contributed by atoms with E-state index >= 15 is 0 Å².